The molecule has 0 unspecified atom stereocenters. The molecule has 0 aliphatic rings. The van der Waals surface area contributed by atoms with Crippen LogP contribution in [0.25, 0.3) is 10.6 Å². The van der Waals surface area contributed by atoms with Crippen LogP contribution >= 0.6 is 46.9 Å². The quantitative estimate of drug-likeness (QED) is 0.293. The monoisotopic (exact) mass is 500 g/mol. The standard InChI is InChI=1S/C18H17ClN4OS.HI/c1-24-16-8-7-13(9-15(16)19)23-18(20)21-10-14-11-25-17(22-14)12-5-3-2-4-6-12;/h2-9,11H,10H2,1H3,(H3,20,21,23);1H. The molecule has 3 rings (SSSR count). The van der Waals surface area contributed by atoms with Crippen molar-refractivity contribution < 1.29 is 4.74 Å². The molecule has 1 heterocycles. The van der Waals surface area contributed by atoms with Crippen LogP contribution in [0.4, 0.5) is 5.69 Å². The van der Waals surface area contributed by atoms with E-state index in [9.17, 15) is 0 Å². The van der Waals surface area contributed by atoms with Gasteiger partial charge < -0.3 is 15.8 Å². The van der Waals surface area contributed by atoms with E-state index in [1.807, 2.05) is 41.8 Å². The van der Waals surface area contributed by atoms with Crippen molar-refractivity contribution in [2.75, 3.05) is 12.4 Å². The van der Waals surface area contributed by atoms with Crippen molar-refractivity contribution in [2.45, 2.75) is 6.54 Å². The second-order valence-corrected chi connectivity index (χ2v) is 6.45. The molecule has 0 radical (unpaired) electrons. The maximum atomic E-state index is 6.09. The Morgan fingerprint density at radius 2 is 2.04 bits per heavy atom. The van der Waals surface area contributed by atoms with E-state index >= 15 is 0 Å². The number of guanidine groups is 1. The first-order chi connectivity index (χ1) is 12.2. The van der Waals surface area contributed by atoms with E-state index < -0.39 is 0 Å². The van der Waals surface area contributed by atoms with Crippen LogP contribution in [-0.4, -0.2) is 18.1 Å². The van der Waals surface area contributed by atoms with Crippen molar-refractivity contribution in [1.82, 2.24) is 4.98 Å². The number of nitrogens with zero attached hydrogens (tertiary/aromatic N) is 2. The number of aliphatic imine (C=N–C) groups is 1. The molecule has 0 amide bonds. The number of thiazole rings is 1. The number of nitrogens with two attached hydrogens (primary N) is 1. The second kappa shape index (κ2) is 9.75. The third-order valence-corrected chi connectivity index (χ3v) is 4.64. The lowest BCUT2D eigenvalue weighted by atomic mass is 10.2. The van der Waals surface area contributed by atoms with Crippen LogP contribution < -0.4 is 15.8 Å². The molecule has 3 aromatic rings. The van der Waals surface area contributed by atoms with Gasteiger partial charge in [0.05, 0.1) is 24.4 Å². The highest BCUT2D eigenvalue weighted by atomic mass is 127. The topological polar surface area (TPSA) is 72.5 Å². The minimum atomic E-state index is 0. The summed E-state index contributed by atoms with van der Waals surface area (Å²) < 4.78 is 5.12. The molecule has 0 bridgehead atoms. The third kappa shape index (κ3) is 5.33. The number of benzene rings is 2. The minimum absolute atomic E-state index is 0. The molecule has 0 atom stereocenters. The van der Waals surface area contributed by atoms with Crippen LogP contribution in [0.15, 0.2) is 58.9 Å². The summed E-state index contributed by atoms with van der Waals surface area (Å²) >= 11 is 7.68. The molecule has 26 heavy (non-hydrogen) atoms. The highest BCUT2D eigenvalue weighted by molar-refractivity contribution is 14.0. The predicted molar refractivity (Wildman–Crippen MR) is 120 cm³/mol. The molecule has 3 N–H and O–H groups in total. The van der Waals surface area contributed by atoms with Crippen molar-refractivity contribution in [2.24, 2.45) is 10.7 Å². The second-order valence-electron chi connectivity index (χ2n) is 5.19. The zero-order valence-electron chi connectivity index (χ0n) is 14.0. The molecule has 0 aliphatic carbocycles. The molecular formula is C18H18ClIN4OS. The summed E-state index contributed by atoms with van der Waals surface area (Å²) in [5.74, 6) is 0.911. The average Bonchev–Trinajstić information content (AvgIpc) is 3.10. The fourth-order valence-electron chi connectivity index (χ4n) is 2.19. The molecule has 0 fully saturated rings. The number of nitrogens with one attached hydrogen (secondary N) is 1. The Hall–Kier alpha value is -1.84. The van der Waals surface area contributed by atoms with Gasteiger partial charge in [0.1, 0.15) is 10.8 Å². The van der Waals surface area contributed by atoms with E-state index in [-0.39, 0.29) is 24.0 Å². The summed E-state index contributed by atoms with van der Waals surface area (Å²) in [6.45, 7) is 0.409. The Morgan fingerprint density at radius 3 is 2.73 bits per heavy atom. The fraction of sp³-hybridized carbons (Fsp3) is 0.111. The molecule has 136 valence electrons. The van der Waals surface area contributed by atoms with E-state index in [4.69, 9.17) is 22.1 Å². The Balaban J connectivity index is 0.00000243. The van der Waals surface area contributed by atoms with Gasteiger partial charge in [-0.15, -0.1) is 35.3 Å². The van der Waals surface area contributed by atoms with Crippen molar-refractivity contribution in [3.8, 4) is 16.3 Å². The average molecular weight is 501 g/mol. The van der Waals surface area contributed by atoms with Gasteiger partial charge in [0.2, 0.25) is 0 Å². The van der Waals surface area contributed by atoms with E-state index in [2.05, 4.69) is 15.3 Å². The summed E-state index contributed by atoms with van der Waals surface area (Å²) in [4.78, 5) is 8.91. The van der Waals surface area contributed by atoms with Crippen molar-refractivity contribution >= 4 is 58.6 Å². The molecule has 5 nitrogen and oxygen atoms in total. The number of ether oxygens (including phenoxy) is 1. The first-order valence-corrected chi connectivity index (χ1v) is 8.82. The number of hydrogen-bond donors (Lipinski definition) is 2. The SMILES string of the molecule is COc1ccc(NC(N)=NCc2csc(-c3ccccc3)n2)cc1Cl.I. The first kappa shape index (κ1) is 20.5. The summed E-state index contributed by atoms with van der Waals surface area (Å²) in [7, 11) is 1.57. The molecular weight excluding hydrogens is 483 g/mol. The van der Waals surface area contributed by atoms with Crippen LogP contribution in [0.5, 0.6) is 5.75 Å². The van der Waals surface area contributed by atoms with Gasteiger partial charge in [-0.1, -0.05) is 41.9 Å². The van der Waals surface area contributed by atoms with Gasteiger partial charge in [0, 0.05) is 16.6 Å². The highest BCUT2D eigenvalue weighted by Crippen LogP contribution is 2.27. The zero-order valence-corrected chi connectivity index (χ0v) is 17.9. The van der Waals surface area contributed by atoms with Gasteiger partial charge >= 0.3 is 0 Å². The fourth-order valence-corrected chi connectivity index (χ4v) is 3.27. The van der Waals surface area contributed by atoms with Crippen molar-refractivity contribution in [3.63, 3.8) is 0 Å². The zero-order chi connectivity index (χ0) is 17.6. The number of anilines is 1. The maximum Gasteiger partial charge on any atom is 0.193 e. The predicted octanol–water partition coefficient (Wildman–Crippen LogP) is 5.02. The molecule has 0 saturated heterocycles. The Morgan fingerprint density at radius 1 is 1.27 bits per heavy atom. The van der Waals surface area contributed by atoms with Gasteiger partial charge in [-0.25, -0.2) is 9.98 Å². The molecule has 0 spiro atoms. The lowest BCUT2D eigenvalue weighted by Gasteiger charge is -2.08. The third-order valence-electron chi connectivity index (χ3n) is 3.41. The van der Waals surface area contributed by atoms with Crippen LogP contribution in [0.3, 0.4) is 0 Å². The Bertz CT molecular complexity index is 886. The number of methoxy groups -OCH3 is 1. The first-order valence-electron chi connectivity index (χ1n) is 7.56. The Labute approximate surface area is 178 Å². The van der Waals surface area contributed by atoms with E-state index in [1.54, 1.807) is 30.6 Å². The number of hydrogen-bond acceptors (Lipinski definition) is 4. The molecule has 0 saturated carbocycles. The van der Waals surface area contributed by atoms with Crippen LogP contribution in [0.1, 0.15) is 5.69 Å². The van der Waals surface area contributed by atoms with Gasteiger partial charge in [0.15, 0.2) is 5.96 Å². The summed E-state index contributed by atoms with van der Waals surface area (Å²) in [5, 5.41) is 6.47. The van der Waals surface area contributed by atoms with Crippen LogP contribution in [0.2, 0.25) is 5.02 Å². The van der Waals surface area contributed by atoms with Gasteiger partial charge in [-0.3, -0.25) is 0 Å². The normalized spacial score (nSPS) is 10.9. The lowest BCUT2D eigenvalue weighted by Crippen LogP contribution is -2.22. The van der Waals surface area contributed by atoms with Crippen LogP contribution in [0, 0.1) is 0 Å². The number of halogens is 2. The van der Waals surface area contributed by atoms with E-state index in [0.717, 1.165) is 22.0 Å². The summed E-state index contributed by atoms with van der Waals surface area (Å²) in [5.41, 5.74) is 8.65. The maximum absolute atomic E-state index is 6.09. The molecule has 1 aromatic heterocycles. The highest BCUT2D eigenvalue weighted by Gasteiger charge is 2.05. The van der Waals surface area contributed by atoms with Gasteiger partial charge in [-0.05, 0) is 18.2 Å². The minimum Gasteiger partial charge on any atom is -0.495 e. The van der Waals surface area contributed by atoms with Gasteiger partial charge in [-0.2, -0.15) is 0 Å². The van der Waals surface area contributed by atoms with Crippen LogP contribution in [-0.2, 0) is 6.54 Å². The molecule has 8 heteroatoms. The summed E-state index contributed by atoms with van der Waals surface area (Å²) in [6.07, 6.45) is 0. The lowest BCUT2D eigenvalue weighted by molar-refractivity contribution is 0.415. The van der Waals surface area contributed by atoms with Crippen molar-refractivity contribution in [1.29, 1.82) is 0 Å². The summed E-state index contributed by atoms with van der Waals surface area (Å²) in [6, 6.07) is 15.4. The molecule has 0 aliphatic heterocycles. The number of aromatic nitrogens is 1. The van der Waals surface area contributed by atoms with E-state index in [1.165, 1.54) is 0 Å². The molecule has 2 aromatic carbocycles. The Kier molecular flexibility index (Phi) is 7.67. The number of rotatable bonds is 5. The largest absolute Gasteiger partial charge is 0.495 e. The van der Waals surface area contributed by atoms with Gasteiger partial charge in [0.25, 0.3) is 0 Å². The van der Waals surface area contributed by atoms with Crippen molar-refractivity contribution in [3.05, 3.63) is 64.6 Å². The smallest absolute Gasteiger partial charge is 0.193 e. The van der Waals surface area contributed by atoms with E-state index in [0.29, 0.717) is 23.3 Å².